The number of benzene rings is 1. The molecule has 4 nitrogen and oxygen atoms in total. The molecule has 0 aliphatic heterocycles. The van der Waals surface area contributed by atoms with Gasteiger partial charge in [0.15, 0.2) is 0 Å². The molecule has 1 unspecified atom stereocenters. The van der Waals surface area contributed by atoms with E-state index in [1.54, 1.807) is 7.11 Å². The van der Waals surface area contributed by atoms with Crippen LogP contribution in [-0.4, -0.2) is 19.6 Å². The molecule has 1 atom stereocenters. The van der Waals surface area contributed by atoms with Gasteiger partial charge in [0.25, 0.3) is 0 Å². The van der Waals surface area contributed by atoms with Gasteiger partial charge in [0.05, 0.1) is 23.0 Å². The number of amides is 1. The fourth-order valence-electron chi connectivity index (χ4n) is 1.52. The molecule has 0 heterocycles. The second-order valence-corrected chi connectivity index (χ2v) is 6.03. The number of carbonyl (C=O) groups is 1. The largest absolute Gasteiger partial charge is 0.496 e. The van der Waals surface area contributed by atoms with E-state index in [9.17, 15) is 4.79 Å². The molecule has 106 valence electrons. The Kier molecular flexibility index (Phi) is 5.38. The summed E-state index contributed by atoms with van der Waals surface area (Å²) >= 11 is 3.44. The van der Waals surface area contributed by atoms with Crippen LogP contribution in [0.2, 0.25) is 0 Å². The molecule has 0 aliphatic carbocycles. The number of nitrogens with two attached hydrogens (primary N) is 1. The first-order valence-electron chi connectivity index (χ1n) is 6.16. The standard InChI is InChI=1S/C14H21BrN2O2/c1-9(17-13(18)14(2,3)8-16)10-5-6-12(19-4)11(15)7-10/h5-7,9H,8,16H2,1-4H3,(H,17,18). The second-order valence-electron chi connectivity index (χ2n) is 5.18. The number of methoxy groups -OCH3 is 1. The maximum Gasteiger partial charge on any atom is 0.227 e. The number of halogens is 1. The van der Waals surface area contributed by atoms with Crippen LogP contribution in [0.4, 0.5) is 0 Å². The number of hydrogen-bond donors (Lipinski definition) is 2. The van der Waals surface area contributed by atoms with Crippen molar-refractivity contribution in [3.05, 3.63) is 28.2 Å². The van der Waals surface area contributed by atoms with E-state index in [0.29, 0.717) is 6.54 Å². The average molecular weight is 329 g/mol. The minimum absolute atomic E-state index is 0.0468. The number of nitrogens with one attached hydrogen (secondary N) is 1. The minimum Gasteiger partial charge on any atom is -0.496 e. The van der Waals surface area contributed by atoms with Crippen molar-refractivity contribution in [2.24, 2.45) is 11.1 Å². The fraction of sp³-hybridized carbons (Fsp3) is 0.500. The summed E-state index contributed by atoms with van der Waals surface area (Å²) in [6.07, 6.45) is 0. The predicted molar refractivity (Wildman–Crippen MR) is 80.1 cm³/mol. The van der Waals surface area contributed by atoms with Gasteiger partial charge in [-0.1, -0.05) is 6.07 Å². The van der Waals surface area contributed by atoms with Crippen LogP contribution in [-0.2, 0) is 4.79 Å². The van der Waals surface area contributed by atoms with Crippen molar-refractivity contribution in [2.45, 2.75) is 26.8 Å². The normalized spacial score (nSPS) is 12.9. The first kappa shape index (κ1) is 16.0. The van der Waals surface area contributed by atoms with Gasteiger partial charge >= 0.3 is 0 Å². The van der Waals surface area contributed by atoms with Gasteiger partial charge in [0.2, 0.25) is 5.91 Å². The van der Waals surface area contributed by atoms with E-state index in [1.807, 2.05) is 39.0 Å². The van der Waals surface area contributed by atoms with E-state index >= 15 is 0 Å². The molecular weight excluding hydrogens is 308 g/mol. The van der Waals surface area contributed by atoms with E-state index < -0.39 is 5.41 Å². The first-order chi connectivity index (χ1) is 8.81. The number of carbonyl (C=O) groups excluding carboxylic acids is 1. The minimum atomic E-state index is -0.558. The van der Waals surface area contributed by atoms with E-state index in [0.717, 1.165) is 15.8 Å². The molecule has 5 heteroatoms. The molecule has 0 saturated heterocycles. The molecule has 0 fully saturated rings. The lowest BCUT2D eigenvalue weighted by Crippen LogP contribution is -2.42. The Morgan fingerprint density at radius 3 is 2.63 bits per heavy atom. The molecule has 1 aromatic carbocycles. The molecule has 0 radical (unpaired) electrons. The van der Waals surface area contributed by atoms with Crippen LogP contribution in [0.1, 0.15) is 32.4 Å². The topological polar surface area (TPSA) is 64.3 Å². The van der Waals surface area contributed by atoms with E-state index in [-0.39, 0.29) is 11.9 Å². The van der Waals surface area contributed by atoms with Gasteiger partial charge < -0.3 is 15.8 Å². The van der Waals surface area contributed by atoms with Gasteiger partial charge in [-0.15, -0.1) is 0 Å². The molecule has 3 N–H and O–H groups in total. The molecule has 0 spiro atoms. The molecule has 19 heavy (non-hydrogen) atoms. The smallest absolute Gasteiger partial charge is 0.227 e. The Bertz CT molecular complexity index is 461. The lowest BCUT2D eigenvalue weighted by atomic mass is 9.92. The second kappa shape index (κ2) is 6.39. The zero-order valence-electron chi connectivity index (χ0n) is 11.8. The van der Waals surface area contributed by atoms with Gasteiger partial charge in [-0.25, -0.2) is 0 Å². The quantitative estimate of drug-likeness (QED) is 0.873. The summed E-state index contributed by atoms with van der Waals surface area (Å²) in [6, 6.07) is 5.67. The van der Waals surface area contributed by atoms with Crippen molar-refractivity contribution in [1.82, 2.24) is 5.32 Å². The average Bonchev–Trinajstić information content (AvgIpc) is 2.38. The summed E-state index contributed by atoms with van der Waals surface area (Å²) in [5, 5.41) is 2.97. The highest BCUT2D eigenvalue weighted by Crippen LogP contribution is 2.28. The zero-order valence-corrected chi connectivity index (χ0v) is 13.4. The van der Waals surface area contributed by atoms with Crippen LogP contribution in [0.15, 0.2) is 22.7 Å². The molecule has 0 saturated carbocycles. The molecule has 0 bridgehead atoms. The Labute approximate surface area is 122 Å². The Hall–Kier alpha value is -1.07. The van der Waals surface area contributed by atoms with Crippen LogP contribution in [0.25, 0.3) is 0 Å². The monoisotopic (exact) mass is 328 g/mol. The van der Waals surface area contributed by atoms with E-state index in [1.165, 1.54) is 0 Å². The highest BCUT2D eigenvalue weighted by Gasteiger charge is 2.27. The van der Waals surface area contributed by atoms with Gasteiger partial charge in [-0.2, -0.15) is 0 Å². The highest BCUT2D eigenvalue weighted by atomic mass is 79.9. The summed E-state index contributed by atoms with van der Waals surface area (Å²) in [7, 11) is 1.62. The lowest BCUT2D eigenvalue weighted by molar-refractivity contribution is -0.129. The first-order valence-corrected chi connectivity index (χ1v) is 6.95. The predicted octanol–water partition coefficient (Wildman–Crippen LogP) is 2.62. The third-order valence-corrected chi connectivity index (χ3v) is 3.77. The Balaban J connectivity index is 2.81. The molecule has 0 aromatic heterocycles. The van der Waals surface area contributed by atoms with Crippen LogP contribution in [0.5, 0.6) is 5.75 Å². The molecule has 1 aromatic rings. The Morgan fingerprint density at radius 1 is 1.53 bits per heavy atom. The van der Waals surface area contributed by atoms with Gasteiger partial charge in [-0.05, 0) is 54.4 Å². The van der Waals surface area contributed by atoms with Crippen LogP contribution in [0.3, 0.4) is 0 Å². The lowest BCUT2D eigenvalue weighted by Gasteiger charge is -2.24. The molecule has 1 rings (SSSR count). The zero-order chi connectivity index (χ0) is 14.6. The van der Waals surface area contributed by atoms with E-state index in [2.05, 4.69) is 21.2 Å². The van der Waals surface area contributed by atoms with Gasteiger partial charge in [0.1, 0.15) is 5.75 Å². The third kappa shape index (κ3) is 3.94. The number of hydrogen-bond acceptors (Lipinski definition) is 3. The van der Waals surface area contributed by atoms with Gasteiger partial charge in [0, 0.05) is 6.54 Å². The van der Waals surface area contributed by atoms with Crippen LogP contribution in [0, 0.1) is 5.41 Å². The summed E-state index contributed by atoms with van der Waals surface area (Å²) in [5.74, 6) is 0.721. The molecule has 1 amide bonds. The maximum atomic E-state index is 12.1. The summed E-state index contributed by atoms with van der Waals surface area (Å²) in [5.41, 5.74) is 6.05. The maximum absolute atomic E-state index is 12.1. The molecular formula is C14H21BrN2O2. The Morgan fingerprint density at radius 2 is 2.16 bits per heavy atom. The highest BCUT2D eigenvalue weighted by molar-refractivity contribution is 9.10. The summed E-state index contributed by atoms with van der Waals surface area (Å²) in [6.45, 7) is 5.93. The number of rotatable bonds is 5. The van der Waals surface area contributed by atoms with Crippen LogP contribution >= 0.6 is 15.9 Å². The molecule has 0 aliphatic rings. The van der Waals surface area contributed by atoms with Crippen molar-refractivity contribution in [1.29, 1.82) is 0 Å². The van der Waals surface area contributed by atoms with Gasteiger partial charge in [-0.3, -0.25) is 4.79 Å². The number of ether oxygens (including phenoxy) is 1. The summed E-state index contributed by atoms with van der Waals surface area (Å²) in [4.78, 5) is 12.1. The van der Waals surface area contributed by atoms with Crippen LogP contribution < -0.4 is 15.8 Å². The fourth-order valence-corrected chi connectivity index (χ4v) is 2.08. The SMILES string of the molecule is COc1ccc(C(C)NC(=O)C(C)(C)CN)cc1Br. The van der Waals surface area contributed by atoms with Crippen molar-refractivity contribution in [3.8, 4) is 5.75 Å². The van der Waals surface area contributed by atoms with E-state index in [4.69, 9.17) is 10.5 Å². The summed E-state index contributed by atoms with van der Waals surface area (Å²) < 4.78 is 6.05. The van der Waals surface area contributed by atoms with Crippen molar-refractivity contribution >= 4 is 21.8 Å². The third-order valence-electron chi connectivity index (χ3n) is 3.15. The van der Waals surface area contributed by atoms with Crippen molar-refractivity contribution < 1.29 is 9.53 Å². The van der Waals surface area contributed by atoms with Crippen molar-refractivity contribution in [2.75, 3.05) is 13.7 Å². The van der Waals surface area contributed by atoms with Crippen molar-refractivity contribution in [3.63, 3.8) is 0 Å².